The van der Waals surface area contributed by atoms with E-state index in [1.54, 1.807) is 12.1 Å². The summed E-state index contributed by atoms with van der Waals surface area (Å²) in [6, 6.07) is 3.25. The third-order valence-electron chi connectivity index (χ3n) is 3.44. The van der Waals surface area contributed by atoms with E-state index in [1.807, 2.05) is 0 Å². The van der Waals surface area contributed by atoms with Gasteiger partial charge in [-0.1, -0.05) is 39.0 Å². The highest BCUT2D eigenvalue weighted by molar-refractivity contribution is 6.91. The normalized spacial score (nSPS) is 33.3. The molecule has 1 saturated heterocycles. The van der Waals surface area contributed by atoms with Crippen molar-refractivity contribution < 1.29 is 0 Å². The standard InChI is InChI=1S/C7H18Si2/c1-7(2)8-5-6-9(7,3)4/h5-6,8H2,1-4H3. The Balaban J connectivity index is 2.75. The van der Waals surface area contributed by atoms with Gasteiger partial charge in [0.2, 0.25) is 0 Å². The van der Waals surface area contributed by atoms with Crippen molar-refractivity contribution in [2.75, 3.05) is 0 Å². The first-order valence-electron chi connectivity index (χ1n) is 3.96. The zero-order valence-corrected chi connectivity index (χ0v) is 9.54. The fourth-order valence-corrected chi connectivity index (χ4v) is 11.2. The van der Waals surface area contributed by atoms with E-state index in [4.69, 9.17) is 0 Å². The number of rotatable bonds is 0. The zero-order chi connectivity index (χ0) is 7.12. The van der Waals surface area contributed by atoms with Crippen LogP contribution >= 0.6 is 0 Å². The first-order chi connectivity index (χ1) is 3.96. The molecule has 1 rings (SSSR count). The molecule has 1 heterocycles. The van der Waals surface area contributed by atoms with Crippen molar-refractivity contribution >= 4 is 17.6 Å². The van der Waals surface area contributed by atoms with Gasteiger partial charge >= 0.3 is 0 Å². The molecule has 0 aliphatic carbocycles. The van der Waals surface area contributed by atoms with E-state index in [-0.39, 0.29) is 0 Å². The summed E-state index contributed by atoms with van der Waals surface area (Å²) in [5.41, 5.74) is 0. The van der Waals surface area contributed by atoms with E-state index >= 15 is 0 Å². The van der Waals surface area contributed by atoms with E-state index in [0.29, 0.717) is 9.52 Å². The van der Waals surface area contributed by atoms with Crippen molar-refractivity contribution in [1.82, 2.24) is 0 Å². The van der Waals surface area contributed by atoms with Crippen molar-refractivity contribution in [3.63, 3.8) is 0 Å². The maximum Gasteiger partial charge on any atom is 0.0495 e. The molecule has 0 radical (unpaired) electrons. The van der Waals surface area contributed by atoms with Crippen LogP contribution in [0.5, 0.6) is 0 Å². The van der Waals surface area contributed by atoms with Crippen molar-refractivity contribution in [3.8, 4) is 0 Å². The van der Waals surface area contributed by atoms with E-state index in [1.165, 1.54) is 0 Å². The van der Waals surface area contributed by atoms with E-state index in [9.17, 15) is 0 Å². The topological polar surface area (TPSA) is 0 Å². The average molecular weight is 158 g/mol. The van der Waals surface area contributed by atoms with Crippen LogP contribution < -0.4 is 0 Å². The number of hydrogen-bond donors (Lipinski definition) is 0. The van der Waals surface area contributed by atoms with Crippen molar-refractivity contribution in [3.05, 3.63) is 0 Å². The summed E-state index contributed by atoms with van der Waals surface area (Å²) in [5, 5.41) is 0. The summed E-state index contributed by atoms with van der Waals surface area (Å²) in [4.78, 5) is 0. The van der Waals surface area contributed by atoms with Gasteiger partial charge in [-0.05, 0) is 4.66 Å². The molecule has 1 fully saturated rings. The van der Waals surface area contributed by atoms with Gasteiger partial charge in [0.15, 0.2) is 0 Å². The Labute approximate surface area is 61.9 Å². The molecule has 0 aromatic carbocycles. The van der Waals surface area contributed by atoms with Gasteiger partial charge in [-0.2, -0.15) is 0 Å². The van der Waals surface area contributed by atoms with Gasteiger partial charge in [-0.25, -0.2) is 0 Å². The molecule has 0 aromatic heterocycles. The Morgan fingerprint density at radius 3 is 2.00 bits per heavy atom. The predicted octanol–water partition coefficient (Wildman–Crippen LogP) is 2.03. The summed E-state index contributed by atoms with van der Waals surface area (Å²) in [7, 11) is -0.377. The molecule has 1 aliphatic heterocycles. The lowest BCUT2D eigenvalue weighted by molar-refractivity contribution is 0.913. The summed E-state index contributed by atoms with van der Waals surface area (Å²) >= 11 is 0. The molecule has 0 spiro atoms. The SMILES string of the molecule is CC1(C)[SiH2]CC[Si]1(C)C. The number of hydrogen-bond acceptors (Lipinski definition) is 0. The molecule has 0 aromatic rings. The first-order valence-corrected chi connectivity index (χ1v) is 8.87. The largest absolute Gasteiger partial charge is 0.0692 e. The molecule has 2 heteroatoms. The molecule has 0 saturated carbocycles. The summed E-state index contributed by atoms with van der Waals surface area (Å²) in [6.45, 7) is 10.1. The van der Waals surface area contributed by atoms with Crippen molar-refractivity contribution in [2.45, 2.75) is 43.7 Å². The third-order valence-corrected chi connectivity index (χ3v) is 15.0. The van der Waals surface area contributed by atoms with Crippen LogP contribution in [0.25, 0.3) is 0 Å². The lowest BCUT2D eigenvalue weighted by Crippen LogP contribution is -2.35. The fourth-order valence-electron chi connectivity index (χ4n) is 1.65. The minimum atomic E-state index is -0.706. The van der Waals surface area contributed by atoms with Crippen molar-refractivity contribution in [2.24, 2.45) is 0 Å². The Bertz CT molecular complexity index is 102. The second kappa shape index (κ2) is 1.96. The molecule has 1 aliphatic rings. The minimum absolute atomic E-state index is 0.329. The highest BCUT2D eigenvalue weighted by atomic mass is 28.4. The molecule has 0 N–H and O–H groups in total. The van der Waals surface area contributed by atoms with Crippen LogP contribution in [0.3, 0.4) is 0 Å². The van der Waals surface area contributed by atoms with Gasteiger partial charge in [0.1, 0.15) is 0 Å². The minimum Gasteiger partial charge on any atom is -0.0692 e. The highest BCUT2D eigenvalue weighted by Gasteiger charge is 2.42. The summed E-state index contributed by atoms with van der Waals surface area (Å²) in [6.07, 6.45) is 0. The summed E-state index contributed by atoms with van der Waals surface area (Å²) < 4.78 is 0.868. The van der Waals surface area contributed by atoms with Crippen molar-refractivity contribution in [1.29, 1.82) is 0 Å². The summed E-state index contributed by atoms with van der Waals surface area (Å²) in [5.74, 6) is 0. The second-order valence-corrected chi connectivity index (χ2v) is 13.9. The highest BCUT2D eigenvalue weighted by Crippen LogP contribution is 2.45. The lowest BCUT2D eigenvalue weighted by atomic mass is 10.5. The molecule has 0 bridgehead atoms. The third kappa shape index (κ3) is 1.15. The van der Waals surface area contributed by atoms with Gasteiger partial charge < -0.3 is 0 Å². The Morgan fingerprint density at radius 1 is 1.33 bits per heavy atom. The van der Waals surface area contributed by atoms with Gasteiger partial charge in [-0.15, -0.1) is 0 Å². The van der Waals surface area contributed by atoms with Crippen LogP contribution in [0, 0.1) is 0 Å². The molecule has 9 heavy (non-hydrogen) atoms. The van der Waals surface area contributed by atoms with Crippen LogP contribution in [-0.2, 0) is 0 Å². The van der Waals surface area contributed by atoms with E-state index in [2.05, 4.69) is 26.9 Å². The van der Waals surface area contributed by atoms with Crippen LogP contribution in [0.4, 0.5) is 0 Å². The molecule has 0 nitrogen and oxygen atoms in total. The van der Waals surface area contributed by atoms with Gasteiger partial charge in [0.25, 0.3) is 0 Å². The average Bonchev–Trinajstić information content (AvgIpc) is 1.81. The van der Waals surface area contributed by atoms with Gasteiger partial charge in [0.05, 0.1) is 0 Å². The van der Waals surface area contributed by atoms with Crippen LogP contribution in [0.1, 0.15) is 13.8 Å². The quantitative estimate of drug-likeness (QED) is 0.473. The predicted molar refractivity (Wildman–Crippen MR) is 49.7 cm³/mol. The van der Waals surface area contributed by atoms with Crippen LogP contribution in [0.15, 0.2) is 0 Å². The smallest absolute Gasteiger partial charge is 0.0495 e. The molecule has 0 unspecified atom stereocenters. The molecule has 54 valence electrons. The lowest BCUT2D eigenvalue weighted by Gasteiger charge is -2.32. The second-order valence-electron chi connectivity index (χ2n) is 4.62. The van der Waals surface area contributed by atoms with E-state index in [0.717, 1.165) is 4.66 Å². The molecule has 0 amide bonds. The zero-order valence-electron chi connectivity index (χ0n) is 7.12. The van der Waals surface area contributed by atoms with Gasteiger partial charge in [0, 0.05) is 17.6 Å². The first kappa shape index (κ1) is 7.54. The van der Waals surface area contributed by atoms with Gasteiger partial charge in [-0.3, -0.25) is 0 Å². The maximum absolute atomic E-state index is 2.56. The fraction of sp³-hybridized carbons (Fsp3) is 1.00. The maximum atomic E-state index is 2.56. The Morgan fingerprint density at radius 2 is 1.89 bits per heavy atom. The Kier molecular flexibility index (Phi) is 1.64. The van der Waals surface area contributed by atoms with Crippen LogP contribution in [-0.4, -0.2) is 17.6 Å². The Hall–Kier alpha value is 0.434. The van der Waals surface area contributed by atoms with Crippen LogP contribution in [0.2, 0.25) is 29.8 Å². The molecule has 0 atom stereocenters. The van der Waals surface area contributed by atoms with E-state index < -0.39 is 8.07 Å². The molecular weight excluding hydrogens is 140 g/mol. The monoisotopic (exact) mass is 158 g/mol. The molecular formula is C7H18Si2.